The molecule has 1 aliphatic rings. The molecule has 3 amide bonds. The number of aryl methyl sites for hydroxylation is 1. The second kappa shape index (κ2) is 6.39. The Morgan fingerprint density at radius 2 is 2.19 bits per heavy atom. The molecule has 6 nitrogen and oxygen atoms in total. The van der Waals surface area contributed by atoms with E-state index in [1.807, 2.05) is 24.3 Å². The summed E-state index contributed by atoms with van der Waals surface area (Å²) >= 11 is 0. The highest BCUT2D eigenvalue weighted by Crippen LogP contribution is 2.15. The van der Waals surface area contributed by atoms with Gasteiger partial charge in [0.15, 0.2) is 0 Å². The number of imide groups is 1. The molecule has 2 rings (SSSR count). The first-order valence-corrected chi connectivity index (χ1v) is 6.77. The Bertz CT molecular complexity index is 571. The summed E-state index contributed by atoms with van der Waals surface area (Å²) in [6.45, 7) is 1.55. The number of piperazine rings is 1. The van der Waals surface area contributed by atoms with Crippen LogP contribution in [0.5, 0.6) is 5.75 Å². The molecule has 21 heavy (non-hydrogen) atoms. The monoisotopic (exact) mass is 290 g/mol. The molecular weight excluding hydrogens is 272 g/mol. The number of nitrogens with one attached hydrogen (secondary N) is 1. The van der Waals surface area contributed by atoms with E-state index in [4.69, 9.17) is 4.74 Å². The summed E-state index contributed by atoms with van der Waals surface area (Å²) in [7, 11) is 1.59. The zero-order chi connectivity index (χ0) is 15.4. The third-order valence-electron chi connectivity index (χ3n) is 3.51. The smallest absolute Gasteiger partial charge is 0.249 e. The number of carbonyl (C=O) groups excluding carboxylic acids is 3. The molecule has 1 unspecified atom stereocenters. The Morgan fingerprint density at radius 1 is 1.43 bits per heavy atom. The molecule has 0 saturated carbocycles. The summed E-state index contributed by atoms with van der Waals surface area (Å²) in [4.78, 5) is 36.4. The number of hydrogen-bond donors (Lipinski definition) is 1. The molecule has 1 saturated heterocycles. The van der Waals surface area contributed by atoms with Crippen molar-refractivity contribution in [1.29, 1.82) is 0 Å². The fourth-order valence-electron chi connectivity index (χ4n) is 2.24. The second-order valence-corrected chi connectivity index (χ2v) is 4.96. The average molecular weight is 290 g/mol. The molecule has 0 bridgehead atoms. The van der Waals surface area contributed by atoms with Gasteiger partial charge in [-0.3, -0.25) is 19.7 Å². The predicted molar refractivity (Wildman–Crippen MR) is 75.6 cm³/mol. The molecule has 0 aliphatic carbocycles. The largest absolute Gasteiger partial charge is 0.497 e. The van der Waals surface area contributed by atoms with E-state index in [2.05, 4.69) is 5.32 Å². The number of amides is 3. The molecule has 1 aromatic carbocycles. The van der Waals surface area contributed by atoms with E-state index in [1.165, 1.54) is 4.90 Å². The lowest BCUT2D eigenvalue weighted by Gasteiger charge is -2.31. The minimum atomic E-state index is -0.611. The van der Waals surface area contributed by atoms with Crippen molar-refractivity contribution in [3.8, 4) is 5.75 Å². The van der Waals surface area contributed by atoms with Gasteiger partial charge in [0.2, 0.25) is 17.7 Å². The van der Waals surface area contributed by atoms with Gasteiger partial charge in [0, 0.05) is 6.42 Å². The number of benzene rings is 1. The van der Waals surface area contributed by atoms with Crippen LogP contribution in [0.4, 0.5) is 0 Å². The highest BCUT2D eigenvalue weighted by Gasteiger charge is 2.32. The quantitative estimate of drug-likeness (QED) is 0.819. The van der Waals surface area contributed by atoms with Gasteiger partial charge in [0.1, 0.15) is 18.3 Å². The van der Waals surface area contributed by atoms with E-state index in [-0.39, 0.29) is 18.9 Å². The Hall–Kier alpha value is -2.37. The summed E-state index contributed by atoms with van der Waals surface area (Å²) in [6, 6.07) is 6.86. The van der Waals surface area contributed by atoms with Crippen LogP contribution in [0.15, 0.2) is 24.3 Å². The minimum Gasteiger partial charge on any atom is -0.497 e. The highest BCUT2D eigenvalue weighted by atomic mass is 16.5. The molecule has 0 radical (unpaired) electrons. The van der Waals surface area contributed by atoms with Crippen LogP contribution in [0, 0.1) is 0 Å². The van der Waals surface area contributed by atoms with Crippen LogP contribution >= 0.6 is 0 Å². The first kappa shape index (κ1) is 15.0. The lowest BCUT2D eigenvalue weighted by Crippen LogP contribution is -2.58. The maximum absolute atomic E-state index is 12.2. The standard InChI is InChI=1S/C15H18N2O4/c1-10-15(20)16-13(18)9-17(10)14(19)7-6-11-4-3-5-12(8-11)21-2/h3-5,8,10H,6-7,9H2,1-2H3,(H,16,18,20). The number of hydrogen-bond acceptors (Lipinski definition) is 4. The Labute approximate surface area is 123 Å². The molecular formula is C15H18N2O4. The number of methoxy groups -OCH3 is 1. The number of ether oxygens (including phenoxy) is 1. The van der Waals surface area contributed by atoms with Crippen LogP contribution in [-0.2, 0) is 20.8 Å². The molecule has 6 heteroatoms. The van der Waals surface area contributed by atoms with E-state index in [9.17, 15) is 14.4 Å². The minimum absolute atomic E-state index is 0.0656. The third-order valence-corrected chi connectivity index (χ3v) is 3.51. The lowest BCUT2D eigenvalue weighted by atomic mass is 10.1. The van der Waals surface area contributed by atoms with E-state index in [0.717, 1.165) is 11.3 Å². The van der Waals surface area contributed by atoms with Crippen molar-refractivity contribution in [1.82, 2.24) is 10.2 Å². The van der Waals surface area contributed by atoms with Crippen LogP contribution in [0.1, 0.15) is 18.9 Å². The maximum Gasteiger partial charge on any atom is 0.249 e. The summed E-state index contributed by atoms with van der Waals surface area (Å²) < 4.78 is 5.13. The van der Waals surface area contributed by atoms with Gasteiger partial charge >= 0.3 is 0 Å². The fraction of sp³-hybridized carbons (Fsp3) is 0.400. The summed E-state index contributed by atoms with van der Waals surface area (Å²) in [5.74, 6) is -0.330. The lowest BCUT2D eigenvalue weighted by molar-refractivity contribution is -0.149. The molecule has 112 valence electrons. The summed E-state index contributed by atoms with van der Waals surface area (Å²) in [5.41, 5.74) is 0.975. The zero-order valence-electron chi connectivity index (χ0n) is 12.1. The zero-order valence-corrected chi connectivity index (χ0v) is 12.1. The van der Waals surface area contributed by atoms with Gasteiger partial charge < -0.3 is 9.64 Å². The van der Waals surface area contributed by atoms with Gasteiger partial charge in [-0.15, -0.1) is 0 Å². The van der Waals surface area contributed by atoms with Crippen molar-refractivity contribution in [2.45, 2.75) is 25.8 Å². The second-order valence-electron chi connectivity index (χ2n) is 4.96. The molecule has 0 spiro atoms. The van der Waals surface area contributed by atoms with Crippen molar-refractivity contribution >= 4 is 17.7 Å². The Kier molecular flexibility index (Phi) is 4.57. The number of nitrogens with zero attached hydrogens (tertiary/aromatic N) is 1. The average Bonchev–Trinajstić information content (AvgIpc) is 2.48. The molecule has 1 heterocycles. The van der Waals surface area contributed by atoms with Gasteiger partial charge in [0.05, 0.1) is 7.11 Å². The molecule has 1 aliphatic heterocycles. The number of rotatable bonds is 4. The molecule has 0 aromatic heterocycles. The predicted octanol–water partition coefficient (Wildman–Crippen LogP) is 0.501. The first-order chi connectivity index (χ1) is 10.0. The van der Waals surface area contributed by atoms with Crippen LogP contribution in [0.3, 0.4) is 0 Å². The van der Waals surface area contributed by atoms with E-state index in [1.54, 1.807) is 14.0 Å². The topological polar surface area (TPSA) is 75.7 Å². The summed E-state index contributed by atoms with van der Waals surface area (Å²) in [5, 5.41) is 2.21. The van der Waals surface area contributed by atoms with Crippen molar-refractivity contribution in [2.75, 3.05) is 13.7 Å². The van der Waals surface area contributed by atoms with Crippen LogP contribution in [0.25, 0.3) is 0 Å². The van der Waals surface area contributed by atoms with Crippen LogP contribution in [0.2, 0.25) is 0 Å². The van der Waals surface area contributed by atoms with Crippen LogP contribution < -0.4 is 10.1 Å². The van der Waals surface area contributed by atoms with Gasteiger partial charge in [-0.2, -0.15) is 0 Å². The SMILES string of the molecule is COc1cccc(CCC(=O)N2CC(=O)NC(=O)C2C)c1. The molecule has 1 atom stereocenters. The number of carbonyl (C=O) groups is 3. The van der Waals surface area contributed by atoms with Gasteiger partial charge in [0.25, 0.3) is 0 Å². The summed E-state index contributed by atoms with van der Waals surface area (Å²) in [6.07, 6.45) is 0.785. The van der Waals surface area contributed by atoms with Crippen molar-refractivity contribution < 1.29 is 19.1 Å². The van der Waals surface area contributed by atoms with Crippen molar-refractivity contribution in [3.63, 3.8) is 0 Å². The van der Waals surface area contributed by atoms with E-state index < -0.39 is 17.9 Å². The van der Waals surface area contributed by atoms with Crippen molar-refractivity contribution in [2.24, 2.45) is 0 Å². The normalized spacial score (nSPS) is 18.4. The highest BCUT2D eigenvalue weighted by molar-refractivity contribution is 6.04. The Morgan fingerprint density at radius 3 is 2.90 bits per heavy atom. The fourth-order valence-corrected chi connectivity index (χ4v) is 2.24. The first-order valence-electron chi connectivity index (χ1n) is 6.77. The van der Waals surface area contributed by atoms with Gasteiger partial charge in [-0.25, -0.2) is 0 Å². The van der Waals surface area contributed by atoms with Crippen molar-refractivity contribution in [3.05, 3.63) is 29.8 Å². The maximum atomic E-state index is 12.2. The molecule has 1 fully saturated rings. The van der Waals surface area contributed by atoms with Gasteiger partial charge in [-0.05, 0) is 31.0 Å². The third kappa shape index (κ3) is 3.59. The van der Waals surface area contributed by atoms with Gasteiger partial charge in [-0.1, -0.05) is 12.1 Å². The molecule has 1 aromatic rings. The van der Waals surface area contributed by atoms with Crippen LogP contribution in [-0.4, -0.2) is 42.3 Å². The Balaban J connectivity index is 1.97. The van der Waals surface area contributed by atoms with E-state index in [0.29, 0.717) is 6.42 Å². The van der Waals surface area contributed by atoms with E-state index >= 15 is 0 Å². The molecule has 1 N–H and O–H groups in total.